The van der Waals surface area contributed by atoms with Gasteiger partial charge in [0.15, 0.2) is 0 Å². The normalized spacial score (nSPS) is 18.4. The summed E-state index contributed by atoms with van der Waals surface area (Å²) < 4.78 is 2.29. The smallest absolute Gasteiger partial charge is 0.112 e. The van der Waals surface area contributed by atoms with Crippen LogP contribution in [0, 0.1) is 5.92 Å². The molecule has 1 heterocycles. The van der Waals surface area contributed by atoms with Crippen LogP contribution in [0.1, 0.15) is 45.4 Å². The van der Waals surface area contributed by atoms with Gasteiger partial charge in [-0.25, -0.2) is 4.98 Å². The number of fused-ring (bicyclic) bond motifs is 1. The summed E-state index contributed by atoms with van der Waals surface area (Å²) in [5.74, 6) is 1.52. The average molecular weight is 272 g/mol. The number of nitrogens with zero attached hydrogens (tertiary/aromatic N) is 2. The van der Waals surface area contributed by atoms with Gasteiger partial charge >= 0.3 is 0 Å². The van der Waals surface area contributed by atoms with Crippen LogP contribution in [0.25, 0.3) is 11.0 Å². The van der Waals surface area contributed by atoms with Crippen molar-refractivity contribution < 1.29 is 5.11 Å². The molecule has 0 radical (unpaired) electrons. The van der Waals surface area contributed by atoms with Crippen molar-refractivity contribution in [3.63, 3.8) is 0 Å². The van der Waals surface area contributed by atoms with E-state index in [0.29, 0.717) is 12.3 Å². The minimum atomic E-state index is -0.563. The van der Waals surface area contributed by atoms with Crippen LogP contribution in [0.15, 0.2) is 24.3 Å². The largest absolute Gasteiger partial charge is 0.389 e. The van der Waals surface area contributed by atoms with Gasteiger partial charge < -0.3 is 9.67 Å². The van der Waals surface area contributed by atoms with Gasteiger partial charge in [0.05, 0.1) is 16.6 Å². The number of benzene rings is 1. The fraction of sp³-hybridized carbons (Fsp3) is 0.588. The molecule has 2 aromatic rings. The van der Waals surface area contributed by atoms with Crippen molar-refractivity contribution in [2.24, 2.45) is 5.92 Å². The van der Waals surface area contributed by atoms with Crippen molar-refractivity contribution in [1.82, 2.24) is 9.55 Å². The lowest BCUT2D eigenvalue weighted by atomic mass is 9.90. The molecular formula is C17H24N2O. The van der Waals surface area contributed by atoms with E-state index in [-0.39, 0.29) is 0 Å². The summed E-state index contributed by atoms with van der Waals surface area (Å²) in [7, 11) is 0. The molecule has 1 fully saturated rings. The molecule has 0 saturated heterocycles. The molecule has 20 heavy (non-hydrogen) atoms. The third kappa shape index (κ3) is 2.35. The Bertz CT molecular complexity index is 600. The van der Waals surface area contributed by atoms with E-state index in [1.165, 1.54) is 18.4 Å². The Kier molecular flexibility index (Phi) is 3.55. The van der Waals surface area contributed by atoms with Crippen LogP contribution < -0.4 is 0 Å². The molecule has 1 unspecified atom stereocenters. The van der Waals surface area contributed by atoms with E-state index in [0.717, 1.165) is 30.7 Å². The predicted molar refractivity (Wildman–Crippen MR) is 81.7 cm³/mol. The van der Waals surface area contributed by atoms with E-state index >= 15 is 0 Å². The topological polar surface area (TPSA) is 38.0 Å². The summed E-state index contributed by atoms with van der Waals surface area (Å²) in [6.07, 6.45) is 4.91. The standard InChI is InChI=1S/C17H24N2O/c1-3-11-19-15-8-6-5-7-14(15)18-16(19)12-17(20,4-2)13-9-10-13/h5-8,13,20H,3-4,9-12H2,1-2H3. The van der Waals surface area contributed by atoms with Crippen LogP contribution in [0.4, 0.5) is 0 Å². The lowest BCUT2D eigenvalue weighted by Crippen LogP contribution is -2.34. The van der Waals surface area contributed by atoms with Gasteiger partial charge in [-0.1, -0.05) is 26.0 Å². The highest BCUT2D eigenvalue weighted by Gasteiger charge is 2.43. The van der Waals surface area contributed by atoms with Crippen LogP contribution in [-0.4, -0.2) is 20.3 Å². The third-order valence-corrected chi connectivity index (χ3v) is 4.59. The summed E-state index contributed by atoms with van der Waals surface area (Å²) in [5.41, 5.74) is 1.68. The number of hydrogen-bond donors (Lipinski definition) is 1. The predicted octanol–water partition coefficient (Wildman–Crippen LogP) is 3.54. The number of hydrogen-bond acceptors (Lipinski definition) is 2. The molecule has 3 heteroatoms. The molecule has 3 nitrogen and oxygen atoms in total. The summed E-state index contributed by atoms with van der Waals surface area (Å²) >= 11 is 0. The molecule has 1 atom stereocenters. The zero-order valence-corrected chi connectivity index (χ0v) is 12.5. The number of aromatic nitrogens is 2. The fourth-order valence-electron chi connectivity index (χ4n) is 3.19. The van der Waals surface area contributed by atoms with E-state index < -0.39 is 5.60 Å². The highest BCUT2D eigenvalue weighted by molar-refractivity contribution is 5.75. The second kappa shape index (κ2) is 5.21. The molecule has 1 N–H and O–H groups in total. The van der Waals surface area contributed by atoms with E-state index in [4.69, 9.17) is 4.98 Å². The SMILES string of the molecule is CCCn1c(CC(O)(CC)C2CC2)nc2ccccc21. The third-order valence-electron chi connectivity index (χ3n) is 4.59. The molecule has 1 aliphatic carbocycles. The van der Waals surface area contributed by atoms with E-state index in [9.17, 15) is 5.11 Å². The second-order valence-corrected chi connectivity index (χ2v) is 6.08. The molecule has 3 rings (SSSR count). The quantitative estimate of drug-likeness (QED) is 0.873. The highest BCUT2D eigenvalue weighted by Crippen LogP contribution is 2.43. The van der Waals surface area contributed by atoms with Crippen LogP contribution in [0.5, 0.6) is 0 Å². The van der Waals surface area contributed by atoms with Crippen molar-refractivity contribution in [1.29, 1.82) is 0 Å². The van der Waals surface area contributed by atoms with Gasteiger partial charge in [0.2, 0.25) is 0 Å². The first-order valence-electron chi connectivity index (χ1n) is 7.84. The van der Waals surface area contributed by atoms with Crippen LogP contribution >= 0.6 is 0 Å². The number of para-hydroxylation sites is 2. The number of imidazole rings is 1. The van der Waals surface area contributed by atoms with Gasteiger partial charge in [-0.05, 0) is 43.7 Å². The molecule has 0 aliphatic heterocycles. The van der Waals surface area contributed by atoms with Crippen LogP contribution in [0.2, 0.25) is 0 Å². The maximum atomic E-state index is 10.9. The van der Waals surface area contributed by atoms with Gasteiger partial charge in [-0.3, -0.25) is 0 Å². The highest BCUT2D eigenvalue weighted by atomic mass is 16.3. The van der Waals surface area contributed by atoms with E-state index in [1.807, 2.05) is 6.07 Å². The van der Waals surface area contributed by atoms with Gasteiger partial charge in [0, 0.05) is 13.0 Å². The number of rotatable bonds is 6. The maximum Gasteiger partial charge on any atom is 0.112 e. The molecule has 0 amide bonds. The minimum Gasteiger partial charge on any atom is -0.389 e. The zero-order chi connectivity index (χ0) is 14.2. The minimum absolute atomic E-state index is 0.474. The zero-order valence-electron chi connectivity index (χ0n) is 12.5. The van der Waals surface area contributed by atoms with Crippen LogP contribution in [0.3, 0.4) is 0 Å². The Hall–Kier alpha value is -1.35. The molecule has 1 aliphatic rings. The molecule has 0 bridgehead atoms. The van der Waals surface area contributed by atoms with Gasteiger partial charge in [0.1, 0.15) is 5.82 Å². The Labute approximate surface area is 120 Å². The van der Waals surface area contributed by atoms with Crippen molar-refractivity contribution in [2.75, 3.05) is 0 Å². The van der Waals surface area contributed by atoms with E-state index in [2.05, 4.69) is 36.6 Å². The van der Waals surface area contributed by atoms with Gasteiger partial charge in [-0.2, -0.15) is 0 Å². The van der Waals surface area contributed by atoms with Crippen molar-refractivity contribution in [2.45, 2.75) is 58.1 Å². The van der Waals surface area contributed by atoms with Gasteiger partial charge in [-0.15, -0.1) is 0 Å². The van der Waals surface area contributed by atoms with Gasteiger partial charge in [0.25, 0.3) is 0 Å². The summed E-state index contributed by atoms with van der Waals surface area (Å²) in [4.78, 5) is 4.78. The Balaban J connectivity index is 1.99. The Morgan fingerprint density at radius 2 is 2.05 bits per heavy atom. The molecule has 1 aromatic heterocycles. The first kappa shape index (κ1) is 13.6. The molecule has 1 aromatic carbocycles. The summed E-state index contributed by atoms with van der Waals surface area (Å²) in [5, 5.41) is 10.9. The lowest BCUT2D eigenvalue weighted by molar-refractivity contribution is 0.0114. The maximum absolute atomic E-state index is 10.9. The number of aryl methyl sites for hydroxylation is 1. The summed E-state index contributed by atoms with van der Waals surface area (Å²) in [6, 6.07) is 8.28. The van der Waals surface area contributed by atoms with Crippen molar-refractivity contribution in [3.8, 4) is 0 Å². The fourth-order valence-corrected chi connectivity index (χ4v) is 3.19. The average Bonchev–Trinajstić information content (AvgIpc) is 3.26. The second-order valence-electron chi connectivity index (χ2n) is 6.08. The van der Waals surface area contributed by atoms with Crippen LogP contribution in [-0.2, 0) is 13.0 Å². The Morgan fingerprint density at radius 3 is 2.70 bits per heavy atom. The first-order valence-corrected chi connectivity index (χ1v) is 7.84. The molecule has 108 valence electrons. The van der Waals surface area contributed by atoms with E-state index in [1.54, 1.807) is 0 Å². The Morgan fingerprint density at radius 1 is 1.30 bits per heavy atom. The monoisotopic (exact) mass is 272 g/mol. The first-order chi connectivity index (χ1) is 9.68. The van der Waals surface area contributed by atoms with Crippen molar-refractivity contribution in [3.05, 3.63) is 30.1 Å². The summed E-state index contributed by atoms with van der Waals surface area (Å²) in [6.45, 7) is 5.25. The molecule has 1 saturated carbocycles. The number of aliphatic hydroxyl groups is 1. The molecular weight excluding hydrogens is 248 g/mol. The van der Waals surface area contributed by atoms with Crippen molar-refractivity contribution >= 4 is 11.0 Å². The molecule has 0 spiro atoms. The lowest BCUT2D eigenvalue weighted by Gasteiger charge is -2.26.